The molecule has 7 heteroatoms. The van der Waals surface area contributed by atoms with Gasteiger partial charge in [0.15, 0.2) is 0 Å². The van der Waals surface area contributed by atoms with Gasteiger partial charge in [0, 0.05) is 0 Å². The summed E-state index contributed by atoms with van der Waals surface area (Å²) in [6, 6.07) is 8.94. The molecule has 23 heavy (non-hydrogen) atoms. The van der Waals surface area contributed by atoms with Crippen LogP contribution in [0.5, 0.6) is 5.75 Å². The van der Waals surface area contributed by atoms with E-state index in [1.165, 1.54) is 16.7 Å². The summed E-state index contributed by atoms with van der Waals surface area (Å²) in [6.07, 6.45) is 3.34. The number of hydrogen-bond acceptors (Lipinski definition) is 5. The Morgan fingerprint density at radius 2 is 2.26 bits per heavy atom. The predicted molar refractivity (Wildman–Crippen MR) is 95.4 cm³/mol. The Morgan fingerprint density at radius 3 is 2.91 bits per heavy atom. The summed E-state index contributed by atoms with van der Waals surface area (Å²) in [5, 5.41) is 0.493. The molecule has 1 aromatic carbocycles. The van der Waals surface area contributed by atoms with Gasteiger partial charge in [-0.05, 0) is 35.9 Å². The van der Waals surface area contributed by atoms with Crippen LogP contribution in [0.1, 0.15) is 11.3 Å². The minimum atomic E-state index is -0.136. The van der Waals surface area contributed by atoms with Crippen molar-refractivity contribution in [3.63, 3.8) is 0 Å². The molecule has 0 N–H and O–H groups in total. The summed E-state index contributed by atoms with van der Waals surface area (Å²) in [6.45, 7) is 0.332. The average Bonchev–Trinajstić information content (AvgIpc) is 3.12. The lowest BCUT2D eigenvalue weighted by Crippen LogP contribution is -2.27. The van der Waals surface area contributed by atoms with Gasteiger partial charge in [0.2, 0.25) is 0 Å². The highest BCUT2D eigenvalue weighted by molar-refractivity contribution is 8.26. The van der Waals surface area contributed by atoms with Crippen LogP contribution in [-0.2, 0) is 11.3 Å². The van der Waals surface area contributed by atoms with Crippen molar-refractivity contribution in [1.29, 1.82) is 0 Å². The van der Waals surface area contributed by atoms with Crippen LogP contribution in [0.25, 0.3) is 6.08 Å². The number of furan rings is 1. The summed E-state index contributed by atoms with van der Waals surface area (Å²) in [5.41, 5.74) is 0.814. The molecule has 4 nitrogen and oxygen atoms in total. The zero-order valence-electron chi connectivity index (χ0n) is 12.1. The normalized spacial score (nSPS) is 16.4. The number of nitrogens with zero attached hydrogens (tertiary/aromatic N) is 1. The van der Waals surface area contributed by atoms with E-state index in [1.54, 1.807) is 37.6 Å². The second kappa shape index (κ2) is 6.78. The Labute approximate surface area is 148 Å². The molecule has 1 saturated heterocycles. The Hall–Kier alpha value is -1.76. The number of halogens is 1. The van der Waals surface area contributed by atoms with Gasteiger partial charge in [0.1, 0.15) is 15.8 Å². The molecule has 3 rings (SSSR count). The third-order valence-corrected chi connectivity index (χ3v) is 4.91. The molecule has 2 aromatic rings. The number of ether oxygens (including phenoxy) is 1. The monoisotopic (exact) mass is 365 g/mol. The van der Waals surface area contributed by atoms with E-state index in [2.05, 4.69) is 0 Å². The summed E-state index contributed by atoms with van der Waals surface area (Å²) in [7, 11) is 1.56. The molecule has 0 spiro atoms. The van der Waals surface area contributed by atoms with Gasteiger partial charge in [0.05, 0.1) is 29.8 Å². The van der Waals surface area contributed by atoms with Crippen molar-refractivity contribution in [2.75, 3.05) is 7.11 Å². The van der Waals surface area contributed by atoms with Crippen LogP contribution in [-0.4, -0.2) is 22.2 Å². The molecule has 1 aliphatic rings. The number of carbonyl (C=O) groups is 1. The molecular formula is C16H12ClNO3S2. The minimum Gasteiger partial charge on any atom is -0.495 e. The minimum absolute atomic E-state index is 0.136. The molecule has 0 aliphatic carbocycles. The van der Waals surface area contributed by atoms with Crippen LogP contribution in [0.4, 0.5) is 0 Å². The molecule has 0 saturated carbocycles. The van der Waals surface area contributed by atoms with Crippen molar-refractivity contribution in [2.24, 2.45) is 0 Å². The first-order chi connectivity index (χ1) is 11.1. The van der Waals surface area contributed by atoms with Gasteiger partial charge in [-0.3, -0.25) is 9.69 Å². The van der Waals surface area contributed by atoms with Crippen LogP contribution in [0, 0.1) is 0 Å². The first-order valence-electron chi connectivity index (χ1n) is 6.70. The Balaban J connectivity index is 1.82. The van der Waals surface area contributed by atoms with E-state index in [-0.39, 0.29) is 5.91 Å². The van der Waals surface area contributed by atoms with E-state index in [0.717, 1.165) is 5.56 Å². The summed E-state index contributed by atoms with van der Waals surface area (Å²) in [4.78, 5) is 14.6. The molecule has 1 aromatic heterocycles. The second-order valence-electron chi connectivity index (χ2n) is 4.74. The average molecular weight is 366 g/mol. The maximum Gasteiger partial charge on any atom is 0.266 e. The smallest absolute Gasteiger partial charge is 0.266 e. The Kier molecular flexibility index (Phi) is 4.75. The van der Waals surface area contributed by atoms with Crippen LogP contribution in [0.2, 0.25) is 5.02 Å². The topological polar surface area (TPSA) is 42.7 Å². The lowest BCUT2D eigenvalue weighted by molar-refractivity contribution is -0.122. The van der Waals surface area contributed by atoms with E-state index in [4.69, 9.17) is 33.0 Å². The first kappa shape index (κ1) is 16.1. The van der Waals surface area contributed by atoms with Gasteiger partial charge in [-0.15, -0.1) is 0 Å². The van der Waals surface area contributed by atoms with Crippen molar-refractivity contribution >= 4 is 51.9 Å². The van der Waals surface area contributed by atoms with Crippen molar-refractivity contribution in [2.45, 2.75) is 6.54 Å². The molecule has 0 atom stereocenters. The van der Waals surface area contributed by atoms with Gasteiger partial charge in [-0.2, -0.15) is 0 Å². The fourth-order valence-electron chi connectivity index (χ4n) is 2.12. The van der Waals surface area contributed by atoms with E-state index in [0.29, 0.717) is 32.3 Å². The largest absolute Gasteiger partial charge is 0.495 e. The van der Waals surface area contributed by atoms with Gasteiger partial charge < -0.3 is 9.15 Å². The van der Waals surface area contributed by atoms with Crippen LogP contribution in [0.15, 0.2) is 45.9 Å². The zero-order valence-corrected chi connectivity index (χ0v) is 14.5. The van der Waals surface area contributed by atoms with Crippen molar-refractivity contribution in [3.05, 3.63) is 57.8 Å². The zero-order chi connectivity index (χ0) is 16.4. The number of methoxy groups -OCH3 is 1. The van der Waals surface area contributed by atoms with E-state index in [1.807, 2.05) is 12.1 Å². The third-order valence-electron chi connectivity index (χ3n) is 3.24. The first-order valence-corrected chi connectivity index (χ1v) is 8.30. The molecule has 0 bridgehead atoms. The fourth-order valence-corrected chi connectivity index (χ4v) is 3.64. The van der Waals surface area contributed by atoms with Gasteiger partial charge in [-0.25, -0.2) is 0 Å². The molecule has 2 heterocycles. The lowest BCUT2D eigenvalue weighted by Gasteiger charge is -2.12. The van der Waals surface area contributed by atoms with Gasteiger partial charge >= 0.3 is 0 Å². The second-order valence-corrected chi connectivity index (χ2v) is 6.82. The Morgan fingerprint density at radius 1 is 1.43 bits per heavy atom. The van der Waals surface area contributed by atoms with Gasteiger partial charge in [0.25, 0.3) is 5.91 Å². The van der Waals surface area contributed by atoms with Crippen LogP contribution in [0.3, 0.4) is 0 Å². The molecule has 0 radical (unpaired) electrons. The number of carbonyl (C=O) groups excluding carboxylic acids is 1. The Bertz CT molecular complexity index is 787. The highest BCUT2D eigenvalue weighted by Gasteiger charge is 2.32. The van der Waals surface area contributed by atoms with E-state index < -0.39 is 0 Å². The quantitative estimate of drug-likeness (QED) is 0.595. The molecule has 1 amide bonds. The standard InChI is InChI=1S/C16H12ClNO3S2/c1-20-13-5-4-10(7-12(13)17)8-14-15(19)18(16(22)23-14)9-11-3-2-6-21-11/h2-8H,9H2,1H3/b14-8-. The van der Waals surface area contributed by atoms with Crippen molar-refractivity contribution < 1.29 is 13.9 Å². The molecule has 1 aliphatic heterocycles. The number of hydrogen-bond donors (Lipinski definition) is 0. The van der Waals surface area contributed by atoms with Gasteiger partial charge in [-0.1, -0.05) is 41.6 Å². The molecule has 118 valence electrons. The van der Waals surface area contributed by atoms with Crippen molar-refractivity contribution in [1.82, 2.24) is 4.90 Å². The summed E-state index contributed by atoms with van der Waals surface area (Å²) < 4.78 is 10.9. The number of thiocarbonyl (C=S) groups is 1. The van der Waals surface area contributed by atoms with Crippen LogP contribution >= 0.6 is 35.6 Å². The number of benzene rings is 1. The van der Waals surface area contributed by atoms with Crippen LogP contribution < -0.4 is 4.74 Å². The third kappa shape index (κ3) is 3.44. The SMILES string of the molecule is COc1ccc(/C=C2\SC(=S)N(Cc3ccco3)C2=O)cc1Cl. The van der Waals surface area contributed by atoms with E-state index >= 15 is 0 Å². The fraction of sp³-hybridized carbons (Fsp3) is 0.125. The summed E-state index contributed by atoms with van der Waals surface area (Å²) >= 11 is 12.7. The van der Waals surface area contributed by atoms with Crippen molar-refractivity contribution in [3.8, 4) is 5.75 Å². The highest BCUT2D eigenvalue weighted by atomic mass is 35.5. The lowest BCUT2D eigenvalue weighted by atomic mass is 10.2. The molecule has 0 unspecified atom stereocenters. The summed E-state index contributed by atoms with van der Waals surface area (Å²) in [5.74, 6) is 1.15. The number of rotatable bonds is 4. The maximum absolute atomic E-state index is 12.5. The predicted octanol–water partition coefficient (Wildman–Crippen LogP) is 4.34. The highest BCUT2D eigenvalue weighted by Crippen LogP contribution is 2.34. The van der Waals surface area contributed by atoms with E-state index in [9.17, 15) is 4.79 Å². The molecule has 1 fully saturated rings. The number of thioether (sulfide) groups is 1. The molecular weight excluding hydrogens is 354 g/mol. The number of amides is 1. The maximum atomic E-state index is 12.5.